The summed E-state index contributed by atoms with van der Waals surface area (Å²) >= 11 is 6.12. The van der Waals surface area contributed by atoms with Crippen LogP contribution in [0.15, 0.2) is 48.7 Å². The van der Waals surface area contributed by atoms with Crippen molar-refractivity contribution < 1.29 is 0 Å². The fourth-order valence-corrected chi connectivity index (χ4v) is 2.99. The van der Waals surface area contributed by atoms with E-state index in [4.69, 9.17) is 11.6 Å². The summed E-state index contributed by atoms with van der Waals surface area (Å²) in [4.78, 5) is 4.49. The Balaban J connectivity index is 1.70. The molecule has 0 fully saturated rings. The Morgan fingerprint density at radius 3 is 3.00 bits per heavy atom. The van der Waals surface area contributed by atoms with Crippen LogP contribution < -0.4 is 5.32 Å². The molecule has 0 bridgehead atoms. The standard InChI is InChI=1S/C17H15ClN4/c18-17-8-12(5-6-19-17)15-9-16(22-21-15)13-7-11-3-1-2-4-14(11)20-10-13/h1-4,7-10,17,19H,5-6H2,(H,21,22). The van der Waals surface area contributed by atoms with Crippen molar-refractivity contribution in [2.75, 3.05) is 6.54 Å². The van der Waals surface area contributed by atoms with Crippen LogP contribution in [0.5, 0.6) is 0 Å². The van der Waals surface area contributed by atoms with Crippen LogP contribution in [0, 0.1) is 0 Å². The smallest absolute Gasteiger partial charge is 0.102 e. The molecule has 0 aliphatic carbocycles. The van der Waals surface area contributed by atoms with Crippen molar-refractivity contribution in [3.8, 4) is 11.3 Å². The minimum absolute atomic E-state index is 0.113. The lowest BCUT2D eigenvalue weighted by Crippen LogP contribution is -2.27. The Labute approximate surface area is 133 Å². The fraction of sp³-hybridized carbons (Fsp3) is 0.176. The van der Waals surface area contributed by atoms with E-state index < -0.39 is 0 Å². The number of rotatable bonds is 2. The maximum atomic E-state index is 6.12. The zero-order valence-electron chi connectivity index (χ0n) is 11.9. The monoisotopic (exact) mass is 310 g/mol. The van der Waals surface area contributed by atoms with Crippen molar-refractivity contribution in [3.05, 3.63) is 54.4 Å². The molecule has 3 aromatic rings. The van der Waals surface area contributed by atoms with E-state index in [-0.39, 0.29) is 5.50 Å². The van der Waals surface area contributed by atoms with Crippen LogP contribution in [0.3, 0.4) is 0 Å². The summed E-state index contributed by atoms with van der Waals surface area (Å²) in [6.45, 7) is 0.881. The maximum Gasteiger partial charge on any atom is 0.102 e. The number of benzene rings is 1. The third-order valence-electron chi connectivity index (χ3n) is 3.89. The molecule has 1 aromatic carbocycles. The molecule has 5 heteroatoms. The minimum Gasteiger partial charge on any atom is -0.298 e. The van der Waals surface area contributed by atoms with Gasteiger partial charge in [-0.1, -0.05) is 18.2 Å². The number of para-hydroxylation sites is 1. The number of aromatic nitrogens is 3. The molecular formula is C17H15ClN4. The van der Waals surface area contributed by atoms with Gasteiger partial charge in [0.15, 0.2) is 0 Å². The SMILES string of the molecule is ClC1C=C(c2cc(-c3cnc4ccccc4c3)n[nH]2)CCN1. The van der Waals surface area contributed by atoms with Crippen molar-refractivity contribution in [1.82, 2.24) is 20.5 Å². The first-order chi connectivity index (χ1) is 10.8. The van der Waals surface area contributed by atoms with Crippen LogP contribution in [0.4, 0.5) is 0 Å². The highest BCUT2D eigenvalue weighted by atomic mass is 35.5. The number of pyridine rings is 1. The van der Waals surface area contributed by atoms with Gasteiger partial charge in [-0.25, -0.2) is 0 Å². The van der Waals surface area contributed by atoms with Crippen molar-refractivity contribution in [2.45, 2.75) is 11.9 Å². The van der Waals surface area contributed by atoms with Crippen LogP contribution >= 0.6 is 11.6 Å². The molecule has 1 atom stereocenters. The van der Waals surface area contributed by atoms with Crippen molar-refractivity contribution in [2.24, 2.45) is 0 Å². The number of hydrogen-bond donors (Lipinski definition) is 2. The first-order valence-electron chi connectivity index (χ1n) is 7.29. The molecule has 0 amide bonds. The Kier molecular flexibility index (Phi) is 3.41. The highest BCUT2D eigenvalue weighted by molar-refractivity contribution is 6.22. The van der Waals surface area contributed by atoms with E-state index in [1.165, 1.54) is 5.57 Å². The van der Waals surface area contributed by atoms with Gasteiger partial charge in [-0.3, -0.25) is 15.4 Å². The summed E-state index contributed by atoms with van der Waals surface area (Å²) < 4.78 is 0. The van der Waals surface area contributed by atoms with Gasteiger partial charge in [-0.2, -0.15) is 5.10 Å². The number of fused-ring (bicyclic) bond motifs is 1. The minimum atomic E-state index is -0.113. The zero-order valence-corrected chi connectivity index (χ0v) is 12.6. The molecule has 110 valence electrons. The largest absolute Gasteiger partial charge is 0.298 e. The second-order valence-corrected chi connectivity index (χ2v) is 5.85. The van der Waals surface area contributed by atoms with E-state index in [1.807, 2.05) is 30.5 Å². The molecule has 0 radical (unpaired) electrons. The molecule has 1 aliphatic heterocycles. The molecule has 22 heavy (non-hydrogen) atoms. The van der Waals surface area contributed by atoms with Gasteiger partial charge in [0.1, 0.15) is 5.50 Å². The van der Waals surface area contributed by atoms with Gasteiger partial charge in [0.2, 0.25) is 0 Å². The average molecular weight is 311 g/mol. The van der Waals surface area contributed by atoms with E-state index in [0.717, 1.165) is 40.8 Å². The van der Waals surface area contributed by atoms with E-state index in [2.05, 4.69) is 38.7 Å². The summed E-state index contributed by atoms with van der Waals surface area (Å²) in [5, 5.41) is 11.8. The lowest BCUT2D eigenvalue weighted by Gasteiger charge is -2.16. The van der Waals surface area contributed by atoms with Crippen LogP contribution in [-0.4, -0.2) is 27.2 Å². The van der Waals surface area contributed by atoms with Gasteiger partial charge in [-0.05, 0) is 36.3 Å². The van der Waals surface area contributed by atoms with Crippen LogP contribution in [0.2, 0.25) is 0 Å². The van der Waals surface area contributed by atoms with Gasteiger partial charge >= 0.3 is 0 Å². The van der Waals surface area contributed by atoms with Gasteiger partial charge in [0, 0.05) is 23.7 Å². The second kappa shape index (κ2) is 5.55. The number of H-pyrrole nitrogens is 1. The van der Waals surface area contributed by atoms with Gasteiger partial charge in [0.25, 0.3) is 0 Å². The first-order valence-corrected chi connectivity index (χ1v) is 7.72. The third-order valence-corrected chi connectivity index (χ3v) is 4.17. The molecule has 0 spiro atoms. The molecule has 3 heterocycles. The van der Waals surface area contributed by atoms with Crippen molar-refractivity contribution in [1.29, 1.82) is 0 Å². The number of nitrogens with zero attached hydrogens (tertiary/aromatic N) is 2. The molecule has 4 rings (SSSR count). The molecular weight excluding hydrogens is 296 g/mol. The van der Waals surface area contributed by atoms with Crippen LogP contribution in [-0.2, 0) is 0 Å². The van der Waals surface area contributed by atoms with E-state index >= 15 is 0 Å². The van der Waals surface area contributed by atoms with Gasteiger partial charge in [0.05, 0.1) is 16.9 Å². The summed E-state index contributed by atoms with van der Waals surface area (Å²) in [6, 6.07) is 12.3. The van der Waals surface area contributed by atoms with E-state index in [9.17, 15) is 0 Å². The molecule has 4 nitrogen and oxygen atoms in total. The normalized spacial score (nSPS) is 18.4. The Morgan fingerprint density at radius 2 is 2.09 bits per heavy atom. The molecule has 0 saturated carbocycles. The van der Waals surface area contributed by atoms with E-state index in [1.54, 1.807) is 0 Å². The van der Waals surface area contributed by atoms with Crippen molar-refractivity contribution in [3.63, 3.8) is 0 Å². The molecule has 0 saturated heterocycles. The predicted octanol–water partition coefficient (Wildman–Crippen LogP) is 3.57. The highest BCUT2D eigenvalue weighted by Gasteiger charge is 2.14. The van der Waals surface area contributed by atoms with E-state index in [0.29, 0.717) is 0 Å². The Hall–Kier alpha value is -2.17. The lowest BCUT2D eigenvalue weighted by atomic mass is 10.0. The number of hydrogen-bond acceptors (Lipinski definition) is 3. The molecule has 2 N–H and O–H groups in total. The Bertz CT molecular complexity index is 852. The van der Waals surface area contributed by atoms with Crippen LogP contribution in [0.1, 0.15) is 12.1 Å². The molecule has 2 aromatic heterocycles. The van der Waals surface area contributed by atoms with Crippen LogP contribution in [0.25, 0.3) is 27.7 Å². The summed E-state index contributed by atoms with van der Waals surface area (Å²) in [7, 11) is 0. The number of alkyl halides is 1. The lowest BCUT2D eigenvalue weighted by molar-refractivity contribution is 0.698. The quantitative estimate of drug-likeness (QED) is 0.562. The average Bonchev–Trinajstić information content (AvgIpc) is 3.04. The topological polar surface area (TPSA) is 53.6 Å². The predicted molar refractivity (Wildman–Crippen MR) is 89.6 cm³/mol. The number of aromatic amines is 1. The Morgan fingerprint density at radius 1 is 1.18 bits per heavy atom. The summed E-state index contributed by atoms with van der Waals surface area (Å²) in [5.41, 5.74) is 5.02. The first kappa shape index (κ1) is 13.5. The van der Waals surface area contributed by atoms with Crippen molar-refractivity contribution >= 4 is 28.1 Å². The molecule has 1 unspecified atom stereocenters. The number of halogens is 1. The maximum absolute atomic E-state index is 6.12. The van der Waals surface area contributed by atoms with Gasteiger partial charge in [-0.15, -0.1) is 11.6 Å². The third kappa shape index (κ3) is 2.51. The van der Waals surface area contributed by atoms with Gasteiger partial charge < -0.3 is 0 Å². The summed E-state index contributed by atoms with van der Waals surface area (Å²) in [6.07, 6.45) is 4.84. The fourth-order valence-electron chi connectivity index (χ4n) is 2.73. The molecule has 1 aliphatic rings. The highest BCUT2D eigenvalue weighted by Crippen LogP contribution is 2.26. The second-order valence-electron chi connectivity index (χ2n) is 5.38. The number of nitrogens with one attached hydrogen (secondary N) is 2. The summed E-state index contributed by atoms with van der Waals surface area (Å²) in [5.74, 6) is 0. The zero-order chi connectivity index (χ0) is 14.9.